The Balaban J connectivity index is 1.70. The van der Waals surface area contributed by atoms with Crippen LogP contribution in [0.15, 0.2) is 36.4 Å². The van der Waals surface area contributed by atoms with E-state index in [2.05, 4.69) is 10.6 Å². The van der Waals surface area contributed by atoms with Crippen molar-refractivity contribution in [1.29, 1.82) is 0 Å². The van der Waals surface area contributed by atoms with E-state index in [1.165, 1.54) is 23.1 Å². The quantitative estimate of drug-likeness (QED) is 0.191. The maximum Gasteiger partial charge on any atom is 0.256 e. The first-order valence-corrected chi connectivity index (χ1v) is 11.0. The summed E-state index contributed by atoms with van der Waals surface area (Å²) in [5.74, 6) is -2.99. The number of hydrogen-bond acceptors (Lipinski definition) is 5. The van der Waals surface area contributed by atoms with Gasteiger partial charge >= 0.3 is 0 Å². The van der Waals surface area contributed by atoms with Gasteiger partial charge in [0.15, 0.2) is 17.8 Å². The summed E-state index contributed by atoms with van der Waals surface area (Å²) >= 11 is 1.76. The van der Waals surface area contributed by atoms with Crippen LogP contribution in [0.3, 0.4) is 0 Å². The van der Waals surface area contributed by atoms with Crippen LogP contribution in [0.25, 0.3) is 0 Å². The maximum absolute atomic E-state index is 14.6. The third-order valence-corrected chi connectivity index (χ3v) is 6.34. The Hall–Kier alpha value is -1.63. The van der Waals surface area contributed by atoms with Gasteiger partial charge in [-0.3, -0.25) is 4.79 Å². The van der Waals surface area contributed by atoms with E-state index in [0.717, 1.165) is 12.1 Å². The van der Waals surface area contributed by atoms with Gasteiger partial charge in [0, 0.05) is 19.7 Å². The fourth-order valence-corrected chi connectivity index (χ4v) is 4.13. The second-order valence-corrected chi connectivity index (χ2v) is 9.37. The molecule has 1 amide bonds. The fourth-order valence-electron chi connectivity index (χ4n) is 3.44. The van der Waals surface area contributed by atoms with E-state index in [0.29, 0.717) is 19.8 Å². The summed E-state index contributed by atoms with van der Waals surface area (Å²) in [5, 5.41) is 16.3. The van der Waals surface area contributed by atoms with Crippen LogP contribution in [-0.4, -0.2) is 70.6 Å². The number of carbonyl (C=O) groups is 1. The van der Waals surface area contributed by atoms with E-state index in [4.69, 9.17) is 4.74 Å². The predicted molar refractivity (Wildman–Crippen MR) is 120 cm³/mol. The monoisotopic (exact) mass is 551 g/mol. The van der Waals surface area contributed by atoms with Crippen molar-refractivity contribution in [2.24, 2.45) is 0 Å². The summed E-state index contributed by atoms with van der Waals surface area (Å²) in [7, 11) is 0. The van der Waals surface area contributed by atoms with Crippen LogP contribution in [0.2, 0.25) is 0 Å². The van der Waals surface area contributed by atoms with Crippen molar-refractivity contribution in [3.63, 3.8) is 0 Å². The second kappa shape index (κ2) is 9.88. The highest BCUT2D eigenvalue weighted by Crippen LogP contribution is 2.36. The van der Waals surface area contributed by atoms with E-state index in [1.807, 2.05) is 6.92 Å². The average Bonchev–Trinajstić information content (AvgIpc) is 2.71. The highest BCUT2D eigenvalue weighted by molar-refractivity contribution is 14.1. The minimum Gasteiger partial charge on any atom is -0.385 e. The zero-order chi connectivity index (χ0) is 22.6. The van der Waals surface area contributed by atoms with Crippen molar-refractivity contribution in [1.82, 2.24) is 10.2 Å². The number of halogens is 4. The Morgan fingerprint density at radius 1 is 1.35 bits per heavy atom. The van der Waals surface area contributed by atoms with Crippen molar-refractivity contribution >= 4 is 34.2 Å². The summed E-state index contributed by atoms with van der Waals surface area (Å²) < 4.78 is 46.8. The Kier molecular flexibility index (Phi) is 7.66. The van der Waals surface area contributed by atoms with Gasteiger partial charge in [-0.05, 0) is 53.8 Å². The molecule has 1 fully saturated rings. The summed E-state index contributed by atoms with van der Waals surface area (Å²) in [6, 6.07) is 2.02. The number of alkyl halides is 2. The topological polar surface area (TPSA) is 73.8 Å². The lowest BCUT2D eigenvalue weighted by Crippen LogP contribution is -2.67. The van der Waals surface area contributed by atoms with Gasteiger partial charge in [-0.2, -0.15) is 0 Å². The average molecular weight is 551 g/mol. The number of aliphatic hydroxyl groups is 1. The van der Waals surface area contributed by atoms with Crippen molar-refractivity contribution in [2.45, 2.75) is 22.2 Å². The molecule has 1 aliphatic heterocycles. The molecule has 10 heteroatoms. The molecule has 0 saturated carbocycles. The lowest BCUT2D eigenvalue weighted by atomic mass is 9.92. The van der Waals surface area contributed by atoms with Crippen LogP contribution >= 0.6 is 22.6 Å². The van der Waals surface area contributed by atoms with E-state index >= 15 is 0 Å². The molecule has 6 nitrogen and oxygen atoms in total. The Bertz CT molecular complexity index is 877. The predicted octanol–water partition coefficient (Wildman–Crippen LogP) is 2.79. The first-order chi connectivity index (χ1) is 14.7. The molecule has 0 spiro atoms. The number of likely N-dealkylation sites (tertiary alicyclic amines) is 1. The highest BCUT2D eigenvalue weighted by atomic mass is 127. The SMILES string of the molecule is CCOCCNCC1(O)CN(C(=O)c2ccc(F)c(F)c2NC2(I)C=CC=CC2F)C1. The summed E-state index contributed by atoms with van der Waals surface area (Å²) in [6.45, 7) is 3.91. The molecule has 0 bridgehead atoms. The molecule has 3 N–H and O–H groups in total. The first-order valence-electron chi connectivity index (χ1n) is 9.94. The van der Waals surface area contributed by atoms with Gasteiger partial charge in [-0.1, -0.05) is 12.2 Å². The third-order valence-electron chi connectivity index (χ3n) is 5.11. The molecule has 0 radical (unpaired) electrons. The van der Waals surface area contributed by atoms with Crippen molar-refractivity contribution < 1.29 is 27.8 Å². The maximum atomic E-state index is 14.6. The highest BCUT2D eigenvalue weighted by Gasteiger charge is 2.44. The Morgan fingerprint density at radius 2 is 2.10 bits per heavy atom. The molecule has 2 atom stereocenters. The first kappa shape index (κ1) is 24.0. The molecule has 3 rings (SSSR count). The number of allylic oxidation sites excluding steroid dienone is 2. The van der Waals surface area contributed by atoms with Gasteiger partial charge < -0.3 is 25.4 Å². The molecular weight excluding hydrogens is 526 g/mol. The number of hydrogen-bond donors (Lipinski definition) is 3. The normalized spacial score (nSPS) is 24.2. The smallest absolute Gasteiger partial charge is 0.256 e. The van der Waals surface area contributed by atoms with Crippen LogP contribution < -0.4 is 10.6 Å². The number of benzene rings is 1. The van der Waals surface area contributed by atoms with Crippen molar-refractivity contribution in [2.75, 3.05) is 44.7 Å². The minimum atomic E-state index is -1.51. The summed E-state index contributed by atoms with van der Waals surface area (Å²) in [5.41, 5.74) is -1.65. The van der Waals surface area contributed by atoms with Crippen molar-refractivity contribution in [3.8, 4) is 0 Å². The minimum absolute atomic E-state index is 0.0374. The molecule has 1 aromatic rings. The van der Waals surface area contributed by atoms with Crippen LogP contribution in [0, 0.1) is 11.6 Å². The van der Waals surface area contributed by atoms with Gasteiger partial charge in [0.25, 0.3) is 5.91 Å². The van der Waals surface area contributed by atoms with Crippen LogP contribution in [0.5, 0.6) is 0 Å². The summed E-state index contributed by atoms with van der Waals surface area (Å²) in [4.78, 5) is 14.3. The van der Waals surface area contributed by atoms with Gasteiger partial charge in [-0.15, -0.1) is 0 Å². The largest absolute Gasteiger partial charge is 0.385 e. The molecule has 31 heavy (non-hydrogen) atoms. The molecule has 2 unspecified atom stereocenters. The fraction of sp³-hybridized carbons (Fsp3) is 0.476. The molecule has 2 aliphatic rings. The Labute approximate surface area is 192 Å². The van der Waals surface area contributed by atoms with Crippen LogP contribution in [-0.2, 0) is 4.74 Å². The van der Waals surface area contributed by atoms with Gasteiger partial charge in [-0.25, -0.2) is 13.2 Å². The standard InChI is InChI=1S/C21H25F3IN3O3/c1-2-31-10-9-26-11-20(30)12-28(13-20)19(29)14-6-7-15(22)17(24)18(14)27-21(25)8-4-3-5-16(21)23/h3-8,16,26-27,30H,2,9-13H2,1H3. The zero-order valence-corrected chi connectivity index (χ0v) is 19.2. The molecule has 1 saturated heterocycles. The van der Waals surface area contributed by atoms with E-state index in [-0.39, 0.29) is 25.2 Å². The second-order valence-electron chi connectivity index (χ2n) is 7.58. The number of β-amino-alcohol motifs (C(OH)–C–C–N with tert-alkyl or cyclic N) is 1. The lowest BCUT2D eigenvalue weighted by molar-refractivity contribution is -0.0789. The molecule has 1 heterocycles. The number of amides is 1. The Morgan fingerprint density at radius 3 is 2.77 bits per heavy atom. The molecule has 170 valence electrons. The van der Waals surface area contributed by atoms with E-state index in [9.17, 15) is 23.1 Å². The van der Waals surface area contributed by atoms with Crippen LogP contribution in [0.4, 0.5) is 18.9 Å². The number of anilines is 1. The molecule has 0 aromatic heterocycles. The van der Waals surface area contributed by atoms with Gasteiger partial charge in [0.2, 0.25) is 0 Å². The molecule has 1 aromatic carbocycles. The van der Waals surface area contributed by atoms with Gasteiger partial charge in [0.1, 0.15) is 9.15 Å². The molecular formula is C21H25F3IN3O3. The third kappa shape index (κ3) is 5.41. The van der Waals surface area contributed by atoms with Crippen molar-refractivity contribution in [3.05, 3.63) is 53.6 Å². The number of carbonyl (C=O) groups excluding carboxylic acids is 1. The van der Waals surface area contributed by atoms with Gasteiger partial charge in [0.05, 0.1) is 30.9 Å². The number of nitrogens with one attached hydrogen (secondary N) is 2. The number of rotatable bonds is 9. The zero-order valence-electron chi connectivity index (χ0n) is 17.0. The van der Waals surface area contributed by atoms with E-state index < -0.39 is 38.5 Å². The van der Waals surface area contributed by atoms with E-state index in [1.54, 1.807) is 28.7 Å². The van der Waals surface area contributed by atoms with Crippen LogP contribution in [0.1, 0.15) is 17.3 Å². The number of nitrogens with zero attached hydrogens (tertiary/aromatic N) is 1. The number of ether oxygens (including phenoxy) is 1. The lowest BCUT2D eigenvalue weighted by Gasteiger charge is -2.46. The summed E-state index contributed by atoms with van der Waals surface area (Å²) in [6.07, 6.45) is 4.35. The molecule has 1 aliphatic carbocycles.